The number of H-pyrrole nitrogens is 1. The van der Waals surface area contributed by atoms with Crippen LogP contribution in [0.5, 0.6) is 0 Å². The Balaban J connectivity index is 2.10. The van der Waals surface area contributed by atoms with Crippen LogP contribution < -0.4 is 10.6 Å². The van der Waals surface area contributed by atoms with E-state index < -0.39 is 6.09 Å². The molecule has 1 aliphatic rings. The zero-order valence-electron chi connectivity index (χ0n) is 17.6. The summed E-state index contributed by atoms with van der Waals surface area (Å²) in [5.74, 6) is 0.422. The lowest BCUT2D eigenvalue weighted by molar-refractivity contribution is 0.115. The van der Waals surface area contributed by atoms with Crippen LogP contribution in [-0.2, 0) is 11.2 Å². The van der Waals surface area contributed by atoms with Crippen molar-refractivity contribution in [3.63, 3.8) is 0 Å². The fraction of sp³-hybridized carbons (Fsp3) is 0.192. The Bertz CT molecular complexity index is 1100. The lowest BCUT2D eigenvalue weighted by Crippen LogP contribution is -2.41. The third-order valence-corrected chi connectivity index (χ3v) is 5.18. The van der Waals surface area contributed by atoms with Crippen molar-refractivity contribution in [3.8, 4) is 0 Å². The Morgan fingerprint density at radius 3 is 2.63 bits per heavy atom. The molecule has 0 saturated heterocycles. The predicted octanol–water partition coefficient (Wildman–Crippen LogP) is 4.51. The molecule has 1 aromatic heterocycles. The molecule has 0 bridgehead atoms. The van der Waals surface area contributed by atoms with Gasteiger partial charge in [-0.05, 0) is 43.5 Å². The summed E-state index contributed by atoms with van der Waals surface area (Å²) in [7, 11) is 0. The maximum atomic E-state index is 13.2. The van der Waals surface area contributed by atoms with E-state index in [9.17, 15) is 4.79 Å². The third kappa shape index (κ3) is 4.23. The Labute approximate surface area is 177 Å². The number of aromatic nitrogens is 1. The van der Waals surface area contributed by atoms with Gasteiger partial charge in [0.15, 0.2) is 0 Å². The molecule has 154 valence electrons. The molecule has 4 nitrogen and oxygen atoms in total. The van der Waals surface area contributed by atoms with Crippen LogP contribution in [0.3, 0.4) is 0 Å². The van der Waals surface area contributed by atoms with Gasteiger partial charge < -0.3 is 9.72 Å². The van der Waals surface area contributed by atoms with E-state index in [2.05, 4.69) is 18.1 Å². The van der Waals surface area contributed by atoms with Crippen LogP contribution >= 0.6 is 0 Å². The fourth-order valence-electron chi connectivity index (χ4n) is 3.82. The number of benzene rings is 1. The van der Waals surface area contributed by atoms with E-state index in [4.69, 9.17) is 4.74 Å². The molecule has 2 heterocycles. The van der Waals surface area contributed by atoms with Crippen LogP contribution in [0, 0.1) is 0 Å². The molecule has 0 spiro atoms. The Kier molecular flexibility index (Phi) is 6.91. The van der Waals surface area contributed by atoms with Gasteiger partial charge >= 0.3 is 6.09 Å². The number of allylic oxidation sites excluding steroid dienone is 5. The number of carbonyl (C=O) groups excluding carboxylic acids is 1. The van der Waals surface area contributed by atoms with Crippen LogP contribution in [0.15, 0.2) is 79.6 Å². The number of nitrogens with one attached hydrogen (secondary N) is 1. The summed E-state index contributed by atoms with van der Waals surface area (Å²) in [5.41, 5.74) is 3.26. The number of ether oxygens (including phenoxy) is 1. The third-order valence-electron chi connectivity index (χ3n) is 5.18. The molecular weight excluding hydrogens is 372 g/mol. The van der Waals surface area contributed by atoms with Crippen molar-refractivity contribution in [2.75, 3.05) is 6.54 Å². The summed E-state index contributed by atoms with van der Waals surface area (Å²) < 4.78 is 5.65. The quantitative estimate of drug-likeness (QED) is 0.593. The molecule has 0 fully saturated rings. The van der Waals surface area contributed by atoms with Crippen LogP contribution in [-0.4, -0.2) is 22.5 Å². The first-order chi connectivity index (χ1) is 14.6. The number of nitrogens with zero attached hydrogens (tertiary/aromatic N) is 1. The summed E-state index contributed by atoms with van der Waals surface area (Å²) in [5, 5.41) is 2.17. The van der Waals surface area contributed by atoms with Gasteiger partial charge in [-0.3, -0.25) is 4.90 Å². The van der Waals surface area contributed by atoms with Crippen LogP contribution in [0.1, 0.15) is 36.7 Å². The average molecular weight is 401 g/mol. The molecule has 0 aliphatic carbocycles. The zero-order chi connectivity index (χ0) is 21.5. The molecule has 1 aliphatic heterocycles. The molecule has 3 rings (SSSR count). The molecule has 1 amide bonds. The highest BCUT2D eigenvalue weighted by Gasteiger charge is 2.35. The van der Waals surface area contributed by atoms with Gasteiger partial charge in [0.2, 0.25) is 0 Å². The first-order valence-corrected chi connectivity index (χ1v) is 10.1. The van der Waals surface area contributed by atoms with E-state index >= 15 is 0 Å². The van der Waals surface area contributed by atoms with Gasteiger partial charge in [0.1, 0.15) is 11.8 Å². The summed E-state index contributed by atoms with van der Waals surface area (Å²) in [6, 6.07) is 9.76. The van der Waals surface area contributed by atoms with Crippen molar-refractivity contribution >= 4 is 18.2 Å². The first kappa shape index (κ1) is 21.2. The molecule has 30 heavy (non-hydrogen) atoms. The van der Waals surface area contributed by atoms with Gasteiger partial charge in [0.05, 0.1) is 0 Å². The van der Waals surface area contributed by atoms with Crippen LogP contribution in [0.2, 0.25) is 0 Å². The second-order valence-corrected chi connectivity index (χ2v) is 6.96. The highest BCUT2D eigenvalue weighted by Crippen LogP contribution is 2.33. The monoisotopic (exact) mass is 400 g/mol. The zero-order valence-corrected chi connectivity index (χ0v) is 17.6. The van der Waals surface area contributed by atoms with Gasteiger partial charge in [-0.25, -0.2) is 4.79 Å². The number of hydrogen-bond acceptors (Lipinski definition) is 2. The molecule has 1 aromatic carbocycles. The van der Waals surface area contributed by atoms with E-state index in [-0.39, 0.29) is 6.04 Å². The largest absolute Gasteiger partial charge is 0.416 e. The van der Waals surface area contributed by atoms with Gasteiger partial charge in [0, 0.05) is 22.8 Å². The van der Waals surface area contributed by atoms with Gasteiger partial charge in [0.25, 0.3) is 0 Å². The number of aromatic amines is 1. The standard InChI is InChI=1S/C26H28N2O2/c1-5-9-16-20(7-3)30-26(29)28-18-17-22-21(13-6-2)23(8-4)27-24(22)25(28)19-14-11-10-12-15-19/h5-16,25,27H,2-3,17-18H2,1,4H3/b9-5-,20-16+,21-13-,23-8+/t25-/m0/s1. The van der Waals surface area contributed by atoms with E-state index in [0.717, 1.165) is 28.2 Å². The summed E-state index contributed by atoms with van der Waals surface area (Å²) in [6.07, 6.45) is 13.2. The lowest BCUT2D eigenvalue weighted by atomic mass is 9.93. The SMILES string of the molecule is C=C/C=c1/c2c([nH]/c1=C/C)[C@H](c1ccccc1)N(C(=O)O/C(C=C)=C/C=C\C)CC2. The fourth-order valence-corrected chi connectivity index (χ4v) is 3.82. The van der Waals surface area contributed by atoms with Crippen molar-refractivity contribution < 1.29 is 9.53 Å². The molecule has 0 saturated carbocycles. The van der Waals surface area contributed by atoms with Crippen LogP contribution in [0.4, 0.5) is 4.79 Å². The maximum Gasteiger partial charge on any atom is 0.416 e. The summed E-state index contributed by atoms with van der Waals surface area (Å²) in [6.45, 7) is 12.1. The maximum absolute atomic E-state index is 13.2. The molecule has 1 N–H and O–H groups in total. The second kappa shape index (κ2) is 9.79. The Morgan fingerprint density at radius 1 is 1.23 bits per heavy atom. The summed E-state index contributed by atoms with van der Waals surface area (Å²) in [4.78, 5) is 18.5. The van der Waals surface area contributed by atoms with Crippen molar-refractivity contribution in [1.29, 1.82) is 0 Å². The van der Waals surface area contributed by atoms with E-state index in [1.165, 1.54) is 5.56 Å². The van der Waals surface area contributed by atoms with Crippen LogP contribution in [0.25, 0.3) is 12.2 Å². The number of fused-ring (bicyclic) bond motifs is 1. The minimum absolute atomic E-state index is 0.263. The smallest absolute Gasteiger partial charge is 0.410 e. The number of hydrogen-bond donors (Lipinski definition) is 1. The number of rotatable bonds is 5. The molecule has 0 unspecified atom stereocenters. The number of carbonyl (C=O) groups is 1. The van der Waals surface area contributed by atoms with E-state index in [1.807, 2.05) is 68.5 Å². The van der Waals surface area contributed by atoms with Crippen molar-refractivity contribution in [1.82, 2.24) is 9.88 Å². The highest BCUT2D eigenvalue weighted by molar-refractivity contribution is 5.71. The van der Waals surface area contributed by atoms with Crippen molar-refractivity contribution in [2.45, 2.75) is 26.3 Å². The lowest BCUT2D eigenvalue weighted by Gasteiger charge is -2.35. The van der Waals surface area contributed by atoms with Crippen molar-refractivity contribution in [2.24, 2.45) is 0 Å². The molecule has 4 heteroatoms. The molecule has 1 atom stereocenters. The first-order valence-electron chi connectivity index (χ1n) is 10.1. The number of amides is 1. The molecule has 2 aromatic rings. The second-order valence-electron chi connectivity index (χ2n) is 6.96. The molecule has 0 radical (unpaired) electrons. The minimum Gasteiger partial charge on any atom is -0.410 e. The topological polar surface area (TPSA) is 45.3 Å². The van der Waals surface area contributed by atoms with E-state index in [0.29, 0.717) is 12.3 Å². The highest BCUT2D eigenvalue weighted by atomic mass is 16.6. The van der Waals surface area contributed by atoms with Gasteiger partial charge in [-0.2, -0.15) is 0 Å². The Hall–Kier alpha value is -3.53. The van der Waals surface area contributed by atoms with Gasteiger partial charge in [-0.1, -0.05) is 73.9 Å². The average Bonchev–Trinajstić information content (AvgIpc) is 3.14. The van der Waals surface area contributed by atoms with Crippen molar-refractivity contribution in [3.05, 3.63) is 107 Å². The normalized spacial score (nSPS) is 17.9. The van der Waals surface area contributed by atoms with Gasteiger partial charge in [-0.15, -0.1) is 0 Å². The molecular formula is C26H28N2O2. The van der Waals surface area contributed by atoms with E-state index in [1.54, 1.807) is 23.1 Å². The Morgan fingerprint density at radius 2 is 2.00 bits per heavy atom. The predicted molar refractivity (Wildman–Crippen MR) is 123 cm³/mol. The minimum atomic E-state index is -0.393. The summed E-state index contributed by atoms with van der Waals surface area (Å²) >= 11 is 0.